The van der Waals surface area contributed by atoms with E-state index in [0.29, 0.717) is 11.4 Å². The fourth-order valence-corrected chi connectivity index (χ4v) is 3.52. The Labute approximate surface area is 164 Å². The highest BCUT2D eigenvalue weighted by atomic mass is 32.2. The van der Waals surface area contributed by atoms with E-state index in [1.54, 1.807) is 24.5 Å². The van der Waals surface area contributed by atoms with Gasteiger partial charge in [-0.1, -0.05) is 36.8 Å². The third-order valence-electron chi connectivity index (χ3n) is 4.33. The summed E-state index contributed by atoms with van der Waals surface area (Å²) >= 11 is 0. The average molecular weight is 398 g/mol. The minimum atomic E-state index is -4.01. The highest BCUT2D eigenvalue weighted by Gasteiger charge is 2.18. The number of nitrogens with zero attached hydrogens (tertiary/aromatic N) is 2. The SMILES string of the molecule is CCc1cnn(-c2ccc(NC(=O)Cc3ccc(C)cc3)cc2S(N)(=O)=O)c1. The van der Waals surface area contributed by atoms with E-state index in [1.807, 2.05) is 38.1 Å². The number of carbonyl (C=O) groups is 1. The summed E-state index contributed by atoms with van der Waals surface area (Å²) in [7, 11) is -4.01. The maximum Gasteiger partial charge on any atom is 0.240 e. The van der Waals surface area contributed by atoms with Crippen LogP contribution in [0.4, 0.5) is 5.69 Å². The summed E-state index contributed by atoms with van der Waals surface area (Å²) in [6, 6.07) is 12.2. The molecule has 0 aliphatic heterocycles. The molecule has 3 aromatic rings. The number of primary sulfonamides is 1. The highest BCUT2D eigenvalue weighted by molar-refractivity contribution is 7.89. The molecule has 0 unspecified atom stereocenters. The molecule has 2 aromatic carbocycles. The monoisotopic (exact) mass is 398 g/mol. The molecule has 28 heavy (non-hydrogen) atoms. The second-order valence-electron chi connectivity index (χ2n) is 6.58. The van der Waals surface area contributed by atoms with Crippen LogP contribution in [0.2, 0.25) is 0 Å². The number of benzene rings is 2. The molecule has 0 spiro atoms. The van der Waals surface area contributed by atoms with Crippen molar-refractivity contribution in [2.24, 2.45) is 5.14 Å². The Morgan fingerprint density at radius 1 is 1.14 bits per heavy atom. The van der Waals surface area contributed by atoms with Crippen LogP contribution in [0.3, 0.4) is 0 Å². The van der Waals surface area contributed by atoms with Crippen molar-refractivity contribution >= 4 is 21.6 Å². The molecule has 3 rings (SSSR count). The lowest BCUT2D eigenvalue weighted by Crippen LogP contribution is -2.18. The second kappa shape index (κ2) is 7.95. The number of hydrogen-bond acceptors (Lipinski definition) is 4. The van der Waals surface area contributed by atoms with Gasteiger partial charge in [-0.2, -0.15) is 5.10 Å². The molecule has 146 valence electrons. The fourth-order valence-electron chi connectivity index (χ4n) is 2.78. The molecular weight excluding hydrogens is 376 g/mol. The van der Waals surface area contributed by atoms with Crippen LogP contribution in [-0.2, 0) is 27.7 Å². The number of amides is 1. The number of sulfonamides is 1. The molecule has 7 nitrogen and oxygen atoms in total. The largest absolute Gasteiger partial charge is 0.326 e. The summed E-state index contributed by atoms with van der Waals surface area (Å²) in [5.74, 6) is -0.246. The molecule has 8 heteroatoms. The lowest BCUT2D eigenvalue weighted by atomic mass is 10.1. The van der Waals surface area contributed by atoms with Crippen LogP contribution in [0.15, 0.2) is 59.8 Å². The van der Waals surface area contributed by atoms with Crippen molar-refractivity contribution in [1.82, 2.24) is 9.78 Å². The standard InChI is InChI=1S/C20H22N4O3S/c1-3-15-12-22-24(13-15)18-9-8-17(11-19(18)28(21,26)27)23-20(25)10-16-6-4-14(2)5-7-16/h4-9,11-13H,3,10H2,1-2H3,(H,23,25)(H2,21,26,27). The predicted octanol–water partition coefficient (Wildman–Crippen LogP) is 2.57. The Hall–Kier alpha value is -2.97. The first kappa shape index (κ1) is 19.8. The van der Waals surface area contributed by atoms with Crippen molar-refractivity contribution in [3.05, 3.63) is 71.5 Å². The molecule has 0 aliphatic carbocycles. The van der Waals surface area contributed by atoms with Gasteiger partial charge < -0.3 is 5.32 Å². The van der Waals surface area contributed by atoms with Crippen molar-refractivity contribution in [3.8, 4) is 5.69 Å². The molecular formula is C20H22N4O3S. The van der Waals surface area contributed by atoms with Crippen LogP contribution in [0.1, 0.15) is 23.6 Å². The van der Waals surface area contributed by atoms with Crippen molar-refractivity contribution in [1.29, 1.82) is 0 Å². The number of carbonyl (C=O) groups excluding carboxylic acids is 1. The van der Waals surface area contributed by atoms with Crippen LogP contribution in [0.5, 0.6) is 0 Å². The molecule has 0 atom stereocenters. The lowest BCUT2D eigenvalue weighted by Gasteiger charge is -2.11. The van der Waals surface area contributed by atoms with Gasteiger partial charge in [0.25, 0.3) is 0 Å². The van der Waals surface area contributed by atoms with Crippen molar-refractivity contribution in [3.63, 3.8) is 0 Å². The number of nitrogens with one attached hydrogen (secondary N) is 1. The Kier molecular flexibility index (Phi) is 5.62. The van der Waals surface area contributed by atoms with Gasteiger partial charge in [-0.15, -0.1) is 0 Å². The van der Waals surface area contributed by atoms with E-state index >= 15 is 0 Å². The maximum absolute atomic E-state index is 12.3. The van der Waals surface area contributed by atoms with Gasteiger partial charge in [-0.25, -0.2) is 18.2 Å². The number of hydrogen-bond donors (Lipinski definition) is 2. The zero-order valence-electron chi connectivity index (χ0n) is 15.7. The summed E-state index contributed by atoms with van der Waals surface area (Å²) in [5.41, 5.74) is 3.64. The topological polar surface area (TPSA) is 107 Å². The Morgan fingerprint density at radius 2 is 1.86 bits per heavy atom. The normalized spacial score (nSPS) is 11.4. The zero-order valence-corrected chi connectivity index (χ0v) is 16.5. The number of aromatic nitrogens is 2. The first-order valence-electron chi connectivity index (χ1n) is 8.82. The third kappa shape index (κ3) is 4.65. The number of rotatable bonds is 6. The fraction of sp³-hybridized carbons (Fsp3) is 0.200. The molecule has 0 radical (unpaired) electrons. The van der Waals surface area contributed by atoms with Gasteiger partial charge in [0.1, 0.15) is 4.90 Å². The van der Waals surface area contributed by atoms with E-state index in [0.717, 1.165) is 23.1 Å². The maximum atomic E-state index is 12.3. The molecule has 1 aromatic heterocycles. The van der Waals surface area contributed by atoms with Gasteiger partial charge in [-0.05, 0) is 42.7 Å². The molecule has 0 fully saturated rings. The summed E-state index contributed by atoms with van der Waals surface area (Å²) in [4.78, 5) is 12.2. The third-order valence-corrected chi connectivity index (χ3v) is 5.27. The zero-order chi connectivity index (χ0) is 20.3. The van der Waals surface area contributed by atoms with Gasteiger partial charge in [0.2, 0.25) is 15.9 Å². The Balaban J connectivity index is 1.86. The van der Waals surface area contributed by atoms with Crippen LogP contribution < -0.4 is 10.5 Å². The molecule has 0 bridgehead atoms. The van der Waals surface area contributed by atoms with Gasteiger partial charge in [0.05, 0.1) is 18.3 Å². The quantitative estimate of drug-likeness (QED) is 0.665. The first-order chi connectivity index (χ1) is 13.3. The van der Waals surface area contributed by atoms with Gasteiger partial charge >= 0.3 is 0 Å². The second-order valence-corrected chi connectivity index (χ2v) is 8.11. The van der Waals surface area contributed by atoms with Gasteiger partial charge in [0, 0.05) is 11.9 Å². The molecule has 1 heterocycles. The van der Waals surface area contributed by atoms with Gasteiger partial charge in [-0.3, -0.25) is 4.79 Å². The summed E-state index contributed by atoms with van der Waals surface area (Å²) in [5, 5.41) is 12.3. The lowest BCUT2D eigenvalue weighted by molar-refractivity contribution is -0.115. The van der Waals surface area contributed by atoms with Crippen molar-refractivity contribution in [2.45, 2.75) is 31.6 Å². The smallest absolute Gasteiger partial charge is 0.240 e. The highest BCUT2D eigenvalue weighted by Crippen LogP contribution is 2.23. The summed E-state index contributed by atoms with van der Waals surface area (Å²) in [6.07, 6.45) is 4.38. The number of aryl methyl sites for hydroxylation is 2. The minimum absolute atomic E-state index is 0.105. The molecule has 0 saturated heterocycles. The van der Waals surface area contributed by atoms with Crippen LogP contribution in [0, 0.1) is 6.92 Å². The minimum Gasteiger partial charge on any atom is -0.326 e. The van der Waals surface area contributed by atoms with E-state index in [9.17, 15) is 13.2 Å². The van der Waals surface area contributed by atoms with Crippen molar-refractivity contribution < 1.29 is 13.2 Å². The van der Waals surface area contributed by atoms with E-state index in [1.165, 1.54) is 10.7 Å². The predicted molar refractivity (Wildman–Crippen MR) is 108 cm³/mol. The summed E-state index contributed by atoms with van der Waals surface area (Å²) < 4.78 is 25.6. The van der Waals surface area contributed by atoms with Crippen LogP contribution in [-0.4, -0.2) is 24.1 Å². The van der Waals surface area contributed by atoms with E-state index < -0.39 is 10.0 Å². The molecule has 1 amide bonds. The Bertz CT molecular complexity index is 1100. The Morgan fingerprint density at radius 3 is 2.46 bits per heavy atom. The van der Waals surface area contributed by atoms with Crippen LogP contribution >= 0.6 is 0 Å². The number of anilines is 1. The molecule has 0 aliphatic rings. The van der Waals surface area contributed by atoms with Crippen molar-refractivity contribution in [2.75, 3.05) is 5.32 Å². The molecule has 0 saturated carbocycles. The average Bonchev–Trinajstić information content (AvgIpc) is 3.12. The van der Waals surface area contributed by atoms with Crippen LogP contribution in [0.25, 0.3) is 5.69 Å². The van der Waals surface area contributed by atoms with E-state index in [4.69, 9.17) is 5.14 Å². The number of nitrogens with two attached hydrogens (primary N) is 1. The molecule has 3 N–H and O–H groups in total. The van der Waals surface area contributed by atoms with E-state index in [2.05, 4.69) is 10.4 Å². The summed E-state index contributed by atoms with van der Waals surface area (Å²) in [6.45, 7) is 3.96. The van der Waals surface area contributed by atoms with E-state index in [-0.39, 0.29) is 17.2 Å². The van der Waals surface area contributed by atoms with Gasteiger partial charge in [0.15, 0.2) is 0 Å². The first-order valence-corrected chi connectivity index (χ1v) is 10.4.